The lowest BCUT2D eigenvalue weighted by Gasteiger charge is -2.32. The Balaban J connectivity index is 1.53. The van der Waals surface area contributed by atoms with E-state index in [1.165, 1.54) is 30.7 Å². The quantitative estimate of drug-likeness (QED) is 0.294. The first kappa shape index (κ1) is 29.5. The first-order chi connectivity index (χ1) is 20.1. The number of pyridine rings is 1. The lowest BCUT2D eigenvalue weighted by atomic mass is 9.79. The first-order valence-corrected chi connectivity index (χ1v) is 16.8. The van der Waals surface area contributed by atoms with Gasteiger partial charge in [0.2, 0.25) is 9.84 Å². The first-order valence-electron chi connectivity index (χ1n) is 13.8. The molecule has 1 unspecified atom stereocenters. The number of allylic oxidation sites excluding steroid dienone is 1. The van der Waals surface area contributed by atoms with E-state index in [0.29, 0.717) is 22.0 Å². The summed E-state index contributed by atoms with van der Waals surface area (Å²) in [4.78, 5) is 9.11. The number of aryl methyl sites for hydroxylation is 2. The summed E-state index contributed by atoms with van der Waals surface area (Å²) < 4.78 is 69.1. The molecule has 2 aromatic heterocycles. The average Bonchev–Trinajstić information content (AvgIpc) is 3.63. The molecule has 1 atom stereocenters. The largest absolute Gasteiger partial charge is 0.496 e. The molecule has 0 amide bonds. The SMILES string of the molecule is Cc1ccc(S(=O)(=O)C2N=CC=C2c2cn(S(=O)(=O)c3ccc(C)cc3)c3ncc(B4OC(C)(C)C(C)(C)O4)cc23)cc1. The summed E-state index contributed by atoms with van der Waals surface area (Å²) in [6.45, 7) is 11.5. The van der Waals surface area contributed by atoms with Gasteiger partial charge in [0.25, 0.3) is 10.0 Å². The molecule has 4 aromatic rings. The molecule has 4 heterocycles. The van der Waals surface area contributed by atoms with Gasteiger partial charge >= 0.3 is 7.12 Å². The molecule has 0 saturated carbocycles. The van der Waals surface area contributed by atoms with E-state index in [-0.39, 0.29) is 15.4 Å². The minimum Gasteiger partial charge on any atom is -0.399 e. The van der Waals surface area contributed by atoms with Gasteiger partial charge in [-0.1, -0.05) is 35.4 Å². The molecule has 0 aliphatic carbocycles. The molecular formula is C31H32BN3O6S2. The number of nitrogens with zero attached hydrogens (tertiary/aromatic N) is 3. The molecule has 2 aromatic carbocycles. The van der Waals surface area contributed by atoms with E-state index >= 15 is 0 Å². The van der Waals surface area contributed by atoms with Crippen LogP contribution in [0.15, 0.2) is 87.9 Å². The predicted molar refractivity (Wildman–Crippen MR) is 168 cm³/mol. The smallest absolute Gasteiger partial charge is 0.399 e. The van der Waals surface area contributed by atoms with Crippen LogP contribution in [0.4, 0.5) is 0 Å². The van der Waals surface area contributed by atoms with Crippen molar-refractivity contribution in [1.29, 1.82) is 0 Å². The van der Waals surface area contributed by atoms with Crippen molar-refractivity contribution in [3.8, 4) is 0 Å². The van der Waals surface area contributed by atoms with Gasteiger partial charge in [-0.15, -0.1) is 0 Å². The van der Waals surface area contributed by atoms with Crippen LogP contribution in [0.3, 0.4) is 0 Å². The van der Waals surface area contributed by atoms with Gasteiger partial charge in [-0.05, 0) is 78.0 Å². The molecule has 0 radical (unpaired) electrons. The van der Waals surface area contributed by atoms with Crippen molar-refractivity contribution in [3.63, 3.8) is 0 Å². The third-order valence-corrected chi connectivity index (χ3v) is 12.0. The fourth-order valence-corrected chi connectivity index (χ4v) is 8.00. The number of aromatic nitrogens is 2. The van der Waals surface area contributed by atoms with Gasteiger partial charge < -0.3 is 9.31 Å². The fourth-order valence-electron chi connectivity index (χ4n) is 5.13. The molecule has 43 heavy (non-hydrogen) atoms. The van der Waals surface area contributed by atoms with Gasteiger partial charge in [0.1, 0.15) is 0 Å². The number of fused-ring (bicyclic) bond motifs is 1. The van der Waals surface area contributed by atoms with E-state index in [2.05, 4.69) is 9.98 Å². The van der Waals surface area contributed by atoms with Crippen molar-refractivity contribution in [1.82, 2.24) is 8.96 Å². The predicted octanol–water partition coefficient (Wildman–Crippen LogP) is 4.46. The van der Waals surface area contributed by atoms with Gasteiger partial charge in [-0.2, -0.15) is 0 Å². The van der Waals surface area contributed by atoms with E-state index in [1.807, 2.05) is 41.5 Å². The highest BCUT2D eigenvalue weighted by Crippen LogP contribution is 2.39. The topological polar surface area (TPSA) is 117 Å². The zero-order chi connectivity index (χ0) is 30.9. The highest BCUT2D eigenvalue weighted by molar-refractivity contribution is 7.92. The highest BCUT2D eigenvalue weighted by atomic mass is 32.2. The fraction of sp³-hybridized carbons (Fsp3) is 0.290. The summed E-state index contributed by atoms with van der Waals surface area (Å²) in [6.07, 6.45) is 6.01. The highest BCUT2D eigenvalue weighted by Gasteiger charge is 2.52. The Morgan fingerprint density at radius 1 is 0.837 bits per heavy atom. The number of hydrogen-bond donors (Lipinski definition) is 0. The summed E-state index contributed by atoms with van der Waals surface area (Å²) in [7, 11) is -8.81. The molecular weight excluding hydrogens is 585 g/mol. The van der Waals surface area contributed by atoms with E-state index in [4.69, 9.17) is 9.31 Å². The zero-order valence-corrected chi connectivity index (χ0v) is 26.4. The van der Waals surface area contributed by atoms with Crippen LogP contribution in [-0.4, -0.2) is 55.7 Å². The summed E-state index contributed by atoms with van der Waals surface area (Å²) in [5, 5.41) is -0.833. The molecule has 2 aliphatic rings. The van der Waals surface area contributed by atoms with E-state index < -0.39 is 43.6 Å². The lowest BCUT2D eigenvalue weighted by Crippen LogP contribution is -2.41. The van der Waals surface area contributed by atoms with Crippen molar-refractivity contribution < 1.29 is 26.1 Å². The second-order valence-corrected chi connectivity index (χ2v) is 15.8. The lowest BCUT2D eigenvalue weighted by molar-refractivity contribution is 0.00578. The number of sulfone groups is 1. The second-order valence-electron chi connectivity index (χ2n) is 12.0. The minimum atomic E-state index is -4.10. The molecule has 222 valence electrons. The Labute approximate surface area is 252 Å². The van der Waals surface area contributed by atoms with Crippen molar-refractivity contribution in [2.24, 2.45) is 4.99 Å². The van der Waals surface area contributed by atoms with Crippen LogP contribution in [0, 0.1) is 13.8 Å². The normalized spacial score (nSPS) is 19.7. The Kier molecular flexibility index (Phi) is 6.85. The maximum absolute atomic E-state index is 13.9. The van der Waals surface area contributed by atoms with E-state index in [0.717, 1.165) is 15.1 Å². The zero-order valence-electron chi connectivity index (χ0n) is 24.8. The molecule has 0 N–H and O–H groups in total. The summed E-state index contributed by atoms with van der Waals surface area (Å²) in [6, 6.07) is 14.9. The van der Waals surface area contributed by atoms with Crippen LogP contribution in [0.1, 0.15) is 44.4 Å². The van der Waals surface area contributed by atoms with Crippen LogP contribution < -0.4 is 5.46 Å². The van der Waals surface area contributed by atoms with Crippen molar-refractivity contribution in [3.05, 3.63) is 89.8 Å². The van der Waals surface area contributed by atoms with Gasteiger partial charge in [0.05, 0.1) is 21.0 Å². The third kappa shape index (κ3) is 4.86. The van der Waals surface area contributed by atoms with Crippen molar-refractivity contribution >= 4 is 55.3 Å². The molecule has 12 heteroatoms. The van der Waals surface area contributed by atoms with Crippen molar-refractivity contribution in [2.45, 2.75) is 67.9 Å². The monoisotopic (exact) mass is 617 g/mol. The van der Waals surface area contributed by atoms with Gasteiger partial charge in [0, 0.05) is 40.6 Å². The summed E-state index contributed by atoms with van der Waals surface area (Å²) in [5.41, 5.74) is 2.09. The Bertz CT molecular complexity index is 2010. The average molecular weight is 618 g/mol. The van der Waals surface area contributed by atoms with Gasteiger partial charge in [0.15, 0.2) is 11.0 Å². The second kappa shape index (κ2) is 9.98. The molecule has 2 aliphatic heterocycles. The van der Waals surface area contributed by atoms with E-state index in [1.54, 1.807) is 48.5 Å². The number of aliphatic imine (C=N–C) groups is 1. The maximum atomic E-state index is 13.9. The van der Waals surface area contributed by atoms with Crippen LogP contribution in [0.25, 0.3) is 16.6 Å². The Hall–Kier alpha value is -3.58. The molecule has 0 bridgehead atoms. The van der Waals surface area contributed by atoms with Crippen LogP contribution >= 0.6 is 0 Å². The Morgan fingerprint density at radius 3 is 1.98 bits per heavy atom. The summed E-state index contributed by atoms with van der Waals surface area (Å²) >= 11 is 0. The van der Waals surface area contributed by atoms with Crippen LogP contribution in [0.5, 0.6) is 0 Å². The standard InChI is InChI=1S/C31H32BN3O6S2/c1-20-7-11-23(12-8-20)42(36,37)29-25(15-16-33-29)27-19-35(43(38,39)24-13-9-21(2)10-14-24)28-26(27)17-22(18-34-28)32-40-30(3,4)31(5,6)41-32/h7-19,29H,1-6H3. The Morgan fingerprint density at radius 2 is 1.40 bits per heavy atom. The summed E-state index contributed by atoms with van der Waals surface area (Å²) in [5.74, 6) is 0. The number of benzene rings is 2. The molecule has 6 rings (SSSR count). The maximum Gasteiger partial charge on any atom is 0.496 e. The third-order valence-electron chi connectivity index (χ3n) is 8.43. The molecule has 9 nitrogen and oxygen atoms in total. The number of hydrogen-bond acceptors (Lipinski definition) is 8. The molecule has 1 fully saturated rings. The minimum absolute atomic E-state index is 0.0823. The van der Waals surface area contributed by atoms with Crippen LogP contribution in [0.2, 0.25) is 0 Å². The molecule has 1 saturated heterocycles. The van der Waals surface area contributed by atoms with Crippen LogP contribution in [-0.2, 0) is 29.2 Å². The van der Waals surface area contributed by atoms with Crippen molar-refractivity contribution in [2.75, 3.05) is 0 Å². The van der Waals surface area contributed by atoms with Gasteiger partial charge in [-0.3, -0.25) is 4.99 Å². The number of rotatable bonds is 6. The van der Waals surface area contributed by atoms with E-state index in [9.17, 15) is 16.8 Å². The van der Waals surface area contributed by atoms with Gasteiger partial charge in [-0.25, -0.2) is 25.8 Å². The molecule has 0 spiro atoms.